The number of amides is 1. The second-order valence-electron chi connectivity index (χ2n) is 11.9. The van der Waals surface area contributed by atoms with E-state index in [9.17, 15) is 4.79 Å². The Bertz CT molecular complexity index is 1280. The third kappa shape index (κ3) is 5.45. The number of fused-ring (bicyclic) bond motifs is 3. The first-order chi connectivity index (χ1) is 17.9. The Hall–Kier alpha value is -3.27. The van der Waals surface area contributed by atoms with Gasteiger partial charge in [0.15, 0.2) is 11.0 Å². The summed E-state index contributed by atoms with van der Waals surface area (Å²) in [6, 6.07) is 0.415. The van der Waals surface area contributed by atoms with Gasteiger partial charge in [0, 0.05) is 49.2 Å². The number of carbonyl (C=O) groups is 1. The molecule has 1 fully saturated rings. The van der Waals surface area contributed by atoms with E-state index in [-0.39, 0.29) is 23.7 Å². The van der Waals surface area contributed by atoms with Gasteiger partial charge in [-0.25, -0.2) is 19.8 Å². The van der Waals surface area contributed by atoms with Crippen molar-refractivity contribution in [1.29, 1.82) is 0 Å². The summed E-state index contributed by atoms with van der Waals surface area (Å²) in [4.78, 5) is 29.8. The number of aliphatic imine (C=N–C) groups is 1. The van der Waals surface area contributed by atoms with Crippen LogP contribution in [-0.2, 0) is 10.2 Å². The fraction of sp³-hybridized carbons (Fsp3) is 0.556. The van der Waals surface area contributed by atoms with Crippen molar-refractivity contribution in [2.45, 2.75) is 77.5 Å². The van der Waals surface area contributed by atoms with Gasteiger partial charge in [0.1, 0.15) is 11.7 Å². The molecule has 3 aliphatic rings. The van der Waals surface area contributed by atoms with Crippen LogP contribution in [0.15, 0.2) is 23.5 Å². The molecule has 0 aliphatic carbocycles. The van der Waals surface area contributed by atoms with E-state index in [1.54, 1.807) is 17.3 Å². The molecule has 1 saturated heterocycles. The molecule has 2 aromatic heterocycles. The lowest BCUT2D eigenvalue weighted by molar-refractivity contribution is 0.0270. The predicted molar refractivity (Wildman–Crippen MR) is 146 cm³/mol. The molecule has 0 spiro atoms. The van der Waals surface area contributed by atoms with E-state index in [1.165, 1.54) is 0 Å². The number of carbonyl (C=O) groups excluding carboxylic acids is 1. The molecule has 10 nitrogen and oxygen atoms in total. The zero-order valence-electron chi connectivity index (χ0n) is 22.7. The minimum atomic E-state index is -0.509. The Kier molecular flexibility index (Phi) is 6.79. The summed E-state index contributed by atoms with van der Waals surface area (Å²) in [7, 11) is 0. The molecule has 5 heterocycles. The van der Waals surface area contributed by atoms with Crippen molar-refractivity contribution in [1.82, 2.24) is 25.1 Å². The Morgan fingerprint density at radius 2 is 1.84 bits per heavy atom. The molecule has 2 aromatic rings. The normalized spacial score (nSPS) is 21.1. The van der Waals surface area contributed by atoms with Gasteiger partial charge in [0.05, 0.1) is 18.3 Å². The zero-order chi connectivity index (χ0) is 27.2. The lowest BCUT2D eigenvalue weighted by Gasteiger charge is -2.33. The van der Waals surface area contributed by atoms with Crippen molar-refractivity contribution in [3.8, 4) is 6.01 Å². The van der Waals surface area contributed by atoms with Crippen molar-refractivity contribution in [2.24, 2.45) is 4.99 Å². The van der Waals surface area contributed by atoms with E-state index in [1.807, 2.05) is 33.1 Å². The van der Waals surface area contributed by atoms with Crippen LogP contribution < -0.4 is 9.64 Å². The molecule has 0 radical (unpaired) electrons. The highest BCUT2D eigenvalue weighted by Gasteiger charge is 2.40. The quantitative estimate of drug-likeness (QED) is 0.537. The van der Waals surface area contributed by atoms with Crippen LogP contribution in [0.25, 0.3) is 5.57 Å². The molecule has 5 rings (SSSR count). The lowest BCUT2D eigenvalue weighted by atomic mass is 9.86. The van der Waals surface area contributed by atoms with Gasteiger partial charge in [-0.15, -0.1) is 10.2 Å². The average molecular weight is 540 g/mol. The van der Waals surface area contributed by atoms with Crippen LogP contribution in [0, 0.1) is 0 Å². The van der Waals surface area contributed by atoms with Gasteiger partial charge in [0.2, 0.25) is 0 Å². The number of halogens is 1. The van der Waals surface area contributed by atoms with Gasteiger partial charge in [-0.05, 0) is 38.2 Å². The highest BCUT2D eigenvalue weighted by molar-refractivity contribution is 6.30. The molecule has 38 heavy (non-hydrogen) atoms. The van der Waals surface area contributed by atoms with E-state index in [2.05, 4.69) is 50.8 Å². The van der Waals surface area contributed by atoms with Crippen molar-refractivity contribution in [3.05, 3.63) is 34.7 Å². The summed E-state index contributed by atoms with van der Waals surface area (Å²) in [6.07, 6.45) is 8.55. The number of aromatic nitrogens is 4. The highest BCUT2D eigenvalue weighted by atomic mass is 35.5. The second kappa shape index (κ2) is 9.80. The molecule has 0 aromatic carbocycles. The maximum Gasteiger partial charge on any atom is 0.410 e. The lowest BCUT2D eigenvalue weighted by Crippen LogP contribution is -2.39. The second-order valence-corrected chi connectivity index (χ2v) is 12.3. The van der Waals surface area contributed by atoms with Gasteiger partial charge < -0.3 is 19.3 Å². The monoisotopic (exact) mass is 539 g/mol. The number of ether oxygens (including phenoxy) is 2. The van der Waals surface area contributed by atoms with Gasteiger partial charge in [-0.2, -0.15) is 0 Å². The standard InChI is InChI=1S/C27H34ClN7O3/c1-26(2,3)20-21-23(33-32-22(20)28)29-14-18-11-19(15-35(18)21)37-24-30-12-17(13-31-24)16-7-9-34(10-8-16)25(36)38-27(4,5)6/h7,12-14,18-19H,8-11,15H2,1-6H3/t18-,19+/m1/s1. The SMILES string of the molecule is CC(C)(C)OC(=O)N1CC=C(c2cnc(O[C@H]3C[C@@H]4C=Nc5nnc(Cl)c(C(C)(C)C)c5N4C3)nc2)CC1. The third-order valence-electron chi connectivity index (χ3n) is 6.73. The summed E-state index contributed by atoms with van der Waals surface area (Å²) in [6.45, 7) is 13.7. The molecular formula is C27H34ClN7O3. The van der Waals surface area contributed by atoms with Crippen LogP contribution in [0.4, 0.5) is 16.3 Å². The van der Waals surface area contributed by atoms with Crippen molar-refractivity contribution < 1.29 is 14.3 Å². The van der Waals surface area contributed by atoms with Crippen LogP contribution in [-0.4, -0.2) is 74.8 Å². The van der Waals surface area contributed by atoms with Gasteiger partial charge in [0.25, 0.3) is 0 Å². The maximum atomic E-state index is 12.3. The van der Waals surface area contributed by atoms with E-state index in [4.69, 9.17) is 21.1 Å². The summed E-state index contributed by atoms with van der Waals surface area (Å²) in [5, 5.41) is 8.76. The first kappa shape index (κ1) is 26.3. The van der Waals surface area contributed by atoms with E-state index in [0.717, 1.165) is 28.8 Å². The minimum absolute atomic E-state index is 0.0773. The minimum Gasteiger partial charge on any atom is -0.458 e. The molecule has 2 atom stereocenters. The Morgan fingerprint density at radius 3 is 2.47 bits per heavy atom. The molecule has 0 bridgehead atoms. The zero-order valence-corrected chi connectivity index (χ0v) is 23.5. The highest BCUT2D eigenvalue weighted by Crippen LogP contribution is 2.45. The van der Waals surface area contributed by atoms with Crippen molar-refractivity contribution >= 4 is 41.0 Å². The first-order valence-electron chi connectivity index (χ1n) is 12.9. The van der Waals surface area contributed by atoms with Crippen LogP contribution >= 0.6 is 11.6 Å². The van der Waals surface area contributed by atoms with Gasteiger partial charge in [-0.1, -0.05) is 38.4 Å². The Balaban J connectivity index is 1.24. The Morgan fingerprint density at radius 1 is 1.11 bits per heavy atom. The van der Waals surface area contributed by atoms with Crippen LogP contribution in [0.1, 0.15) is 65.5 Å². The largest absolute Gasteiger partial charge is 0.458 e. The summed E-state index contributed by atoms with van der Waals surface area (Å²) in [5.41, 5.74) is 3.18. The van der Waals surface area contributed by atoms with Crippen LogP contribution in [0.5, 0.6) is 6.01 Å². The number of hydrogen-bond donors (Lipinski definition) is 0. The fourth-order valence-corrected chi connectivity index (χ4v) is 5.41. The van der Waals surface area contributed by atoms with E-state index < -0.39 is 5.60 Å². The van der Waals surface area contributed by atoms with E-state index in [0.29, 0.717) is 43.0 Å². The fourth-order valence-electron chi connectivity index (χ4n) is 5.00. The predicted octanol–water partition coefficient (Wildman–Crippen LogP) is 4.98. The topological polar surface area (TPSA) is 106 Å². The molecular weight excluding hydrogens is 506 g/mol. The summed E-state index contributed by atoms with van der Waals surface area (Å²) >= 11 is 6.50. The van der Waals surface area contributed by atoms with Crippen molar-refractivity contribution in [2.75, 3.05) is 24.5 Å². The molecule has 3 aliphatic heterocycles. The van der Waals surface area contributed by atoms with Gasteiger partial charge in [-0.3, -0.25) is 0 Å². The number of hydrogen-bond acceptors (Lipinski definition) is 9. The number of nitrogens with zero attached hydrogens (tertiary/aromatic N) is 7. The number of rotatable bonds is 3. The summed E-state index contributed by atoms with van der Waals surface area (Å²) < 4.78 is 11.7. The van der Waals surface area contributed by atoms with Crippen LogP contribution in [0.2, 0.25) is 5.15 Å². The first-order valence-corrected chi connectivity index (χ1v) is 13.3. The molecule has 0 N–H and O–H groups in total. The smallest absolute Gasteiger partial charge is 0.410 e. The molecule has 11 heteroatoms. The molecule has 202 valence electrons. The molecule has 0 unspecified atom stereocenters. The number of anilines is 1. The van der Waals surface area contributed by atoms with Gasteiger partial charge >= 0.3 is 12.1 Å². The third-order valence-corrected chi connectivity index (χ3v) is 6.99. The van der Waals surface area contributed by atoms with E-state index >= 15 is 0 Å². The molecule has 1 amide bonds. The molecule has 0 saturated carbocycles. The summed E-state index contributed by atoms with van der Waals surface area (Å²) in [5.74, 6) is 0.586. The van der Waals surface area contributed by atoms with Crippen LogP contribution in [0.3, 0.4) is 0 Å². The maximum absolute atomic E-state index is 12.3. The Labute approximate surface area is 228 Å². The average Bonchev–Trinajstić information content (AvgIpc) is 3.25. The van der Waals surface area contributed by atoms with Crippen molar-refractivity contribution in [3.63, 3.8) is 0 Å².